The molecule has 0 saturated heterocycles. The maximum absolute atomic E-state index is 13.7. The molecule has 3 aromatic carbocycles. The molecule has 0 saturated carbocycles. The predicted octanol–water partition coefficient (Wildman–Crippen LogP) is 5.76. The van der Waals surface area contributed by atoms with Gasteiger partial charge < -0.3 is 15.8 Å². The fourth-order valence-corrected chi connectivity index (χ4v) is 4.20. The van der Waals surface area contributed by atoms with Gasteiger partial charge in [-0.25, -0.2) is 4.39 Å². The van der Waals surface area contributed by atoms with Gasteiger partial charge in [0.25, 0.3) is 5.91 Å². The van der Waals surface area contributed by atoms with Crippen LogP contribution in [0.25, 0.3) is 0 Å². The predicted molar refractivity (Wildman–Crippen MR) is 118 cm³/mol. The Hall–Kier alpha value is -3.59. The minimum absolute atomic E-state index is 0.0661. The summed E-state index contributed by atoms with van der Waals surface area (Å²) in [4.78, 5) is 24.6. The number of nitrogens with two attached hydrogens (primary N) is 1. The lowest BCUT2D eigenvalue weighted by molar-refractivity contribution is -0.137. The highest BCUT2D eigenvalue weighted by molar-refractivity contribution is 6.32. The number of carbonyl (C=O) groups excluding carboxylic acids is 2. The van der Waals surface area contributed by atoms with E-state index < -0.39 is 40.3 Å². The Kier molecular flexibility index (Phi) is 6.22. The standard InChI is InChI=1S/C24H17ClF4N2O3/c25-20-11-18(23(33)31-14-3-1-2-12(8-14)22(30)32)17(10-19(20)24(27,28)29)15-6-7-34-21-9-13(26)4-5-16(15)21/h1-5,8-11,15H,6-7H2,(H2,30,32)(H,31,33). The molecule has 1 aliphatic rings. The molecule has 0 bridgehead atoms. The fraction of sp³-hybridized carbons (Fsp3) is 0.167. The zero-order valence-electron chi connectivity index (χ0n) is 17.4. The quantitative estimate of drug-likeness (QED) is 0.454. The van der Waals surface area contributed by atoms with Crippen LogP contribution < -0.4 is 15.8 Å². The van der Waals surface area contributed by atoms with Gasteiger partial charge in [-0.2, -0.15) is 13.2 Å². The first kappa shape index (κ1) is 23.6. The zero-order valence-corrected chi connectivity index (χ0v) is 18.1. The second-order valence-corrected chi connectivity index (χ2v) is 8.10. The van der Waals surface area contributed by atoms with Crippen molar-refractivity contribution in [3.05, 3.63) is 93.3 Å². The van der Waals surface area contributed by atoms with Gasteiger partial charge in [0, 0.05) is 34.4 Å². The Morgan fingerprint density at radius 1 is 1.06 bits per heavy atom. The highest BCUT2D eigenvalue weighted by atomic mass is 35.5. The van der Waals surface area contributed by atoms with E-state index in [0.717, 1.165) is 18.2 Å². The largest absolute Gasteiger partial charge is 0.493 e. The second-order valence-electron chi connectivity index (χ2n) is 7.69. The molecule has 0 radical (unpaired) electrons. The van der Waals surface area contributed by atoms with Crippen molar-refractivity contribution in [1.82, 2.24) is 0 Å². The van der Waals surface area contributed by atoms with E-state index in [2.05, 4.69) is 5.32 Å². The number of ether oxygens (including phenoxy) is 1. The third kappa shape index (κ3) is 4.70. The third-order valence-electron chi connectivity index (χ3n) is 5.48. The molecule has 2 amide bonds. The Bertz CT molecular complexity index is 1290. The van der Waals surface area contributed by atoms with Gasteiger partial charge in [0.15, 0.2) is 0 Å². The molecule has 0 aliphatic carbocycles. The molecule has 176 valence electrons. The number of hydrogen-bond donors (Lipinski definition) is 2. The summed E-state index contributed by atoms with van der Waals surface area (Å²) in [7, 11) is 0. The maximum atomic E-state index is 13.7. The minimum atomic E-state index is -4.76. The molecule has 3 aromatic rings. The average Bonchev–Trinajstić information content (AvgIpc) is 2.77. The molecule has 0 aromatic heterocycles. The van der Waals surface area contributed by atoms with Crippen molar-refractivity contribution in [3.8, 4) is 5.75 Å². The fourth-order valence-electron chi connectivity index (χ4n) is 3.93. The highest BCUT2D eigenvalue weighted by Crippen LogP contribution is 2.44. The molecule has 4 rings (SSSR count). The third-order valence-corrected chi connectivity index (χ3v) is 5.80. The van der Waals surface area contributed by atoms with Crippen LogP contribution in [0.15, 0.2) is 54.6 Å². The first-order valence-corrected chi connectivity index (χ1v) is 10.5. The van der Waals surface area contributed by atoms with Gasteiger partial charge in [-0.05, 0) is 48.4 Å². The van der Waals surface area contributed by atoms with E-state index in [4.69, 9.17) is 22.1 Å². The van der Waals surface area contributed by atoms with Gasteiger partial charge in [-0.1, -0.05) is 23.7 Å². The molecule has 34 heavy (non-hydrogen) atoms. The van der Waals surface area contributed by atoms with Crippen LogP contribution in [0.3, 0.4) is 0 Å². The number of alkyl halides is 3. The molecule has 1 heterocycles. The number of halogens is 5. The van der Waals surface area contributed by atoms with E-state index in [1.54, 1.807) is 0 Å². The van der Waals surface area contributed by atoms with Crippen LogP contribution in [-0.2, 0) is 6.18 Å². The Morgan fingerprint density at radius 2 is 1.82 bits per heavy atom. The van der Waals surface area contributed by atoms with Gasteiger partial charge in [-0.15, -0.1) is 0 Å². The molecule has 10 heteroatoms. The number of carbonyl (C=O) groups is 2. The van der Waals surface area contributed by atoms with Crippen molar-refractivity contribution < 1.29 is 31.9 Å². The average molecular weight is 493 g/mol. The molecular formula is C24H17ClF4N2O3. The Morgan fingerprint density at radius 3 is 2.53 bits per heavy atom. The summed E-state index contributed by atoms with van der Waals surface area (Å²) >= 11 is 5.92. The van der Waals surface area contributed by atoms with E-state index in [1.165, 1.54) is 36.4 Å². The van der Waals surface area contributed by atoms with Crippen LogP contribution >= 0.6 is 11.6 Å². The molecule has 1 aliphatic heterocycles. The summed E-state index contributed by atoms with van der Waals surface area (Å²) in [6.07, 6.45) is -4.50. The van der Waals surface area contributed by atoms with E-state index >= 15 is 0 Å². The SMILES string of the molecule is NC(=O)c1cccc(NC(=O)c2cc(Cl)c(C(F)(F)F)cc2C2CCOc3cc(F)ccc32)c1. The van der Waals surface area contributed by atoms with Crippen LogP contribution in [0.1, 0.15) is 49.7 Å². The second kappa shape index (κ2) is 8.98. The summed E-state index contributed by atoms with van der Waals surface area (Å²) in [6.45, 7) is 0.118. The van der Waals surface area contributed by atoms with E-state index in [1.807, 2.05) is 0 Å². The Labute approximate surface area is 196 Å². The molecule has 0 fully saturated rings. The lowest BCUT2D eigenvalue weighted by Crippen LogP contribution is -2.22. The number of fused-ring (bicyclic) bond motifs is 1. The van der Waals surface area contributed by atoms with Crippen molar-refractivity contribution in [2.45, 2.75) is 18.5 Å². The molecule has 0 spiro atoms. The van der Waals surface area contributed by atoms with E-state index in [9.17, 15) is 27.2 Å². The summed E-state index contributed by atoms with van der Waals surface area (Å²) in [5.41, 5.74) is 4.96. The number of primary amides is 1. The number of amides is 2. The number of anilines is 1. The summed E-state index contributed by atoms with van der Waals surface area (Å²) < 4.78 is 60.1. The van der Waals surface area contributed by atoms with Gasteiger partial charge in [0.1, 0.15) is 11.6 Å². The van der Waals surface area contributed by atoms with Crippen LogP contribution in [0.5, 0.6) is 5.75 Å². The van der Waals surface area contributed by atoms with E-state index in [0.29, 0.717) is 5.56 Å². The van der Waals surface area contributed by atoms with Crippen molar-refractivity contribution in [1.29, 1.82) is 0 Å². The molecule has 1 atom stereocenters. The topological polar surface area (TPSA) is 81.4 Å². The number of rotatable bonds is 4. The first-order valence-electron chi connectivity index (χ1n) is 10.1. The summed E-state index contributed by atoms with van der Waals surface area (Å²) in [5, 5.41) is 1.93. The first-order chi connectivity index (χ1) is 16.0. The number of hydrogen-bond acceptors (Lipinski definition) is 3. The maximum Gasteiger partial charge on any atom is 0.417 e. The lowest BCUT2D eigenvalue weighted by Gasteiger charge is -2.28. The number of nitrogens with one attached hydrogen (secondary N) is 1. The van der Waals surface area contributed by atoms with Crippen LogP contribution in [0.2, 0.25) is 5.02 Å². The van der Waals surface area contributed by atoms with Crippen molar-refractivity contribution in [2.24, 2.45) is 5.73 Å². The molecule has 5 nitrogen and oxygen atoms in total. The number of benzene rings is 3. The Balaban J connectivity index is 1.82. The highest BCUT2D eigenvalue weighted by Gasteiger charge is 2.37. The summed E-state index contributed by atoms with van der Waals surface area (Å²) in [6, 6.07) is 11.4. The van der Waals surface area contributed by atoms with Crippen LogP contribution in [0.4, 0.5) is 23.2 Å². The zero-order chi connectivity index (χ0) is 24.6. The summed E-state index contributed by atoms with van der Waals surface area (Å²) in [5.74, 6) is -2.48. The van der Waals surface area contributed by atoms with Gasteiger partial charge in [-0.3, -0.25) is 9.59 Å². The van der Waals surface area contributed by atoms with Gasteiger partial charge in [0.2, 0.25) is 5.91 Å². The molecule has 3 N–H and O–H groups in total. The van der Waals surface area contributed by atoms with Crippen molar-refractivity contribution in [2.75, 3.05) is 11.9 Å². The molecular weight excluding hydrogens is 476 g/mol. The van der Waals surface area contributed by atoms with Crippen LogP contribution in [-0.4, -0.2) is 18.4 Å². The smallest absolute Gasteiger partial charge is 0.417 e. The normalized spacial score (nSPS) is 15.3. The van der Waals surface area contributed by atoms with Crippen molar-refractivity contribution in [3.63, 3.8) is 0 Å². The van der Waals surface area contributed by atoms with E-state index in [-0.39, 0.29) is 41.2 Å². The monoisotopic (exact) mass is 492 g/mol. The van der Waals surface area contributed by atoms with Crippen molar-refractivity contribution >= 4 is 29.1 Å². The van der Waals surface area contributed by atoms with Crippen LogP contribution in [0, 0.1) is 5.82 Å². The lowest BCUT2D eigenvalue weighted by atomic mass is 9.83. The minimum Gasteiger partial charge on any atom is -0.493 e. The van der Waals surface area contributed by atoms with Gasteiger partial charge in [0.05, 0.1) is 17.2 Å². The molecule has 1 unspecified atom stereocenters. The van der Waals surface area contributed by atoms with Gasteiger partial charge >= 0.3 is 6.18 Å².